The van der Waals surface area contributed by atoms with Crippen molar-refractivity contribution < 1.29 is 71.8 Å². The smallest absolute Gasteiger partial charge is 0.312 e. The summed E-state index contributed by atoms with van der Waals surface area (Å²) in [4.78, 5) is 0. The summed E-state index contributed by atoms with van der Waals surface area (Å²) in [7, 11) is -30.9. The molecular formula is C83H204O16Si16. The van der Waals surface area contributed by atoms with Crippen molar-refractivity contribution >= 4 is 134 Å². The highest BCUT2D eigenvalue weighted by molar-refractivity contribution is 6.92. The molecule has 16 nitrogen and oxygen atoms in total. The van der Waals surface area contributed by atoms with Crippen LogP contribution in [0.5, 0.6) is 0 Å². The molecule has 0 saturated carbocycles. The predicted molar refractivity (Wildman–Crippen MR) is 542 cm³/mol. The summed E-state index contributed by atoms with van der Waals surface area (Å²) in [5, 5.41) is 62.5. The second-order valence-corrected chi connectivity index (χ2v) is 115. The fourth-order valence-electron chi connectivity index (χ4n) is 20.1. The van der Waals surface area contributed by atoms with E-state index in [4.69, 9.17) is 41.2 Å². The standard InChI is InChI=1S/C33H72O2Si2.C27H72O8Si8.C23H60O6Si6/c1-27(2)19-36(20-28(3)4,21-29(5)6)17-13-15-33(25-34,26-35)16-14-18-37(22-30(7)8,23-31(9)10)24-32(11)12;1-36(2,3)30-40(11,12)34-42(15,16)32-38(7,8)23-19-21-27(25-28,26-29)22-20-24-39(9,10)33-43(17,18)35-41(13,14)31-37(4,5)6;1-30(2,3)26-34(11,12)28-32(7,8)19-15-17-23(21-24,22-25)18-16-20-33(9,10)29-35(13,14)27-31(4,5)6/h27-32,34-35H,13-26H2,1-12H3;28-29H,19-26H2,1-18H3;24-25H,15-22H2,1-14H3. The molecule has 0 fully saturated rings. The number of aliphatic hydroxyl groups is 6. The van der Waals surface area contributed by atoms with Gasteiger partial charge in [-0.05, 0) is 308 Å². The van der Waals surface area contributed by atoms with E-state index in [9.17, 15) is 30.6 Å². The molecule has 0 rings (SSSR count). The fourth-order valence-corrected chi connectivity index (χ4v) is 98.0. The molecule has 0 aromatic carbocycles. The Kier molecular flexibility index (Phi) is 54.4. The Morgan fingerprint density at radius 3 is 0.452 bits per heavy atom. The van der Waals surface area contributed by atoms with Gasteiger partial charge < -0.3 is 71.8 Å². The minimum Gasteiger partial charge on any atom is -0.437 e. The maximum absolute atomic E-state index is 10.6. The highest BCUT2D eigenvalue weighted by Gasteiger charge is 2.47. The first-order valence-electron chi connectivity index (χ1n) is 45.8. The Labute approximate surface area is 733 Å². The molecule has 0 aliphatic rings. The molecule has 0 heterocycles. The van der Waals surface area contributed by atoms with Crippen LogP contribution in [0.4, 0.5) is 0 Å². The lowest BCUT2D eigenvalue weighted by Crippen LogP contribution is -2.55. The third-order valence-corrected chi connectivity index (χ3v) is 82.5. The Balaban J connectivity index is -0.00000165. The van der Waals surface area contributed by atoms with Crippen molar-refractivity contribution in [1.29, 1.82) is 0 Å². The van der Waals surface area contributed by atoms with Crippen LogP contribution in [0.15, 0.2) is 0 Å². The number of hydrogen-bond acceptors (Lipinski definition) is 16. The Hall–Kier alpha value is 2.83. The van der Waals surface area contributed by atoms with Gasteiger partial charge in [0.2, 0.25) is 0 Å². The fraction of sp³-hybridized carbons (Fsp3) is 1.00. The summed E-state index contributed by atoms with van der Waals surface area (Å²) in [6.07, 6.45) is 11.3. The summed E-state index contributed by atoms with van der Waals surface area (Å²) < 4.78 is 65.6. The van der Waals surface area contributed by atoms with E-state index < -0.39 is 145 Å². The Morgan fingerprint density at radius 1 is 0.191 bits per heavy atom. The van der Waals surface area contributed by atoms with Crippen molar-refractivity contribution in [3.8, 4) is 0 Å². The zero-order chi connectivity index (χ0) is 91.2. The lowest BCUT2D eigenvalue weighted by Gasteiger charge is -2.41. The van der Waals surface area contributed by atoms with Gasteiger partial charge in [0.1, 0.15) is 0 Å². The minimum atomic E-state index is -2.37. The van der Waals surface area contributed by atoms with Gasteiger partial charge in [-0.2, -0.15) is 0 Å². The average molecular weight is 1910 g/mol. The zero-order valence-corrected chi connectivity index (χ0v) is 101. The van der Waals surface area contributed by atoms with Gasteiger partial charge in [0, 0.05) is 16.2 Å². The third-order valence-electron chi connectivity index (χ3n) is 21.1. The second-order valence-electron chi connectivity index (χ2n) is 48.1. The molecule has 6 N–H and O–H groups in total. The van der Waals surface area contributed by atoms with E-state index in [1.165, 1.54) is 61.2 Å². The molecule has 0 aliphatic heterocycles. The van der Waals surface area contributed by atoms with Gasteiger partial charge in [-0.25, -0.2) is 0 Å². The minimum absolute atomic E-state index is 0.0104. The van der Waals surface area contributed by atoms with Crippen molar-refractivity contribution in [3.05, 3.63) is 0 Å². The van der Waals surface area contributed by atoms with Crippen LogP contribution < -0.4 is 0 Å². The van der Waals surface area contributed by atoms with Gasteiger partial charge in [-0.1, -0.05) is 170 Å². The van der Waals surface area contributed by atoms with Crippen LogP contribution in [-0.4, -0.2) is 204 Å². The number of aliphatic hydroxyl groups excluding tert-OH is 6. The first-order valence-corrected chi connectivity index (χ1v) is 94.5. The van der Waals surface area contributed by atoms with Crippen molar-refractivity contribution in [2.45, 2.75) is 442 Å². The molecule has 0 spiro atoms. The molecular weight excluding hydrogens is 1700 g/mol. The Bertz CT molecular complexity index is 2360. The van der Waals surface area contributed by atoms with E-state index in [0.717, 1.165) is 124 Å². The van der Waals surface area contributed by atoms with Crippen LogP contribution in [0.25, 0.3) is 0 Å². The SMILES string of the molecule is CC(C)C[Si](CCCC(CO)(CO)CCC[Si](CC(C)C)(CC(C)C)CC(C)C)(CC(C)C)CC(C)C.C[Si](C)(C)O[Si](C)(C)O[Si](C)(C)CCCC(CO)(CO)CCC[Si](C)(C)O[Si](C)(C)O[Si](C)(C)C.C[Si](C)(C)O[Si](C)(C)O[Si](C)(C)O[Si](C)(C)CCCC(CO)(CO)CCC[Si](C)(C)O[Si](C)(C)O[Si](C)(C)O[Si](C)(C)C. The largest absolute Gasteiger partial charge is 0.437 e. The van der Waals surface area contributed by atoms with Crippen molar-refractivity contribution in [3.63, 3.8) is 0 Å². The molecule has 696 valence electrons. The molecule has 0 bridgehead atoms. The van der Waals surface area contributed by atoms with Crippen LogP contribution in [0, 0.1) is 51.8 Å². The van der Waals surface area contributed by atoms with Crippen LogP contribution in [0.1, 0.15) is 160 Å². The van der Waals surface area contributed by atoms with Gasteiger partial charge in [0.15, 0.2) is 66.5 Å². The van der Waals surface area contributed by atoms with Crippen LogP contribution in [0.3, 0.4) is 0 Å². The Morgan fingerprint density at radius 2 is 0.322 bits per heavy atom. The van der Waals surface area contributed by atoms with Crippen molar-refractivity contribution in [2.24, 2.45) is 51.8 Å². The maximum atomic E-state index is 10.6. The normalized spacial score (nSPS) is 14.8. The lowest BCUT2D eigenvalue weighted by atomic mass is 9.81. The molecule has 0 amide bonds. The van der Waals surface area contributed by atoms with Crippen LogP contribution in [0.2, 0.25) is 282 Å². The summed E-state index contributed by atoms with van der Waals surface area (Å²) in [5.41, 5.74) is -1.21. The zero-order valence-electron chi connectivity index (χ0n) is 84.9. The molecule has 0 atom stereocenters. The monoisotopic (exact) mass is 1910 g/mol. The van der Waals surface area contributed by atoms with Crippen LogP contribution >= 0.6 is 0 Å². The average Bonchev–Trinajstić information content (AvgIpc) is 0.832. The number of rotatable bonds is 62. The molecule has 32 heteroatoms. The summed E-state index contributed by atoms with van der Waals surface area (Å²) >= 11 is 0. The first kappa shape index (κ1) is 122. The second kappa shape index (κ2) is 51.3. The van der Waals surface area contributed by atoms with Gasteiger partial charge in [-0.3, -0.25) is 0 Å². The van der Waals surface area contributed by atoms with Crippen molar-refractivity contribution in [1.82, 2.24) is 0 Å². The first-order chi connectivity index (χ1) is 51.2. The molecule has 0 unspecified atom stereocenters. The lowest BCUT2D eigenvalue weighted by molar-refractivity contribution is 0.0380. The molecule has 0 aromatic rings. The summed E-state index contributed by atoms with van der Waals surface area (Å²) in [5.74, 6) is 4.61. The topological polar surface area (TPSA) is 214 Å². The van der Waals surface area contributed by atoms with Gasteiger partial charge in [-0.15, -0.1) is 0 Å². The molecule has 115 heavy (non-hydrogen) atoms. The quantitative estimate of drug-likeness (QED) is 0.0313. The maximum Gasteiger partial charge on any atom is 0.312 e. The predicted octanol–water partition coefficient (Wildman–Crippen LogP) is 25.9. The van der Waals surface area contributed by atoms with E-state index in [-0.39, 0.29) is 45.1 Å². The summed E-state index contributed by atoms with van der Waals surface area (Å²) in [6, 6.07) is 15.3. The van der Waals surface area contributed by atoms with Crippen molar-refractivity contribution in [2.75, 3.05) is 39.6 Å². The highest BCUT2D eigenvalue weighted by Crippen LogP contribution is 2.44. The van der Waals surface area contributed by atoms with E-state index in [2.05, 4.69) is 293 Å². The molecule has 0 aliphatic carbocycles. The van der Waals surface area contributed by atoms with Gasteiger partial charge in [0.25, 0.3) is 0 Å². The van der Waals surface area contributed by atoms with Gasteiger partial charge >= 0.3 is 51.4 Å². The molecule has 0 saturated heterocycles. The van der Waals surface area contributed by atoms with Gasteiger partial charge in [0.05, 0.1) is 55.8 Å². The third kappa shape index (κ3) is 61.1. The number of hydrogen-bond donors (Lipinski definition) is 6. The summed E-state index contributed by atoms with van der Waals surface area (Å²) in [6.45, 7) is 99.6. The highest BCUT2D eigenvalue weighted by atomic mass is 28.5. The molecule has 0 radical (unpaired) electrons. The van der Waals surface area contributed by atoms with E-state index in [1.54, 1.807) is 0 Å². The van der Waals surface area contributed by atoms with E-state index in [1.807, 2.05) is 0 Å². The van der Waals surface area contributed by atoms with Crippen LogP contribution in [-0.2, 0) is 41.2 Å². The van der Waals surface area contributed by atoms with E-state index in [0.29, 0.717) is 0 Å². The van der Waals surface area contributed by atoms with E-state index >= 15 is 0 Å². The molecule has 0 aromatic heterocycles.